The minimum Gasteiger partial charge on any atom is -0.316 e. The lowest BCUT2D eigenvalue weighted by Gasteiger charge is -2.10. The molecule has 0 saturated heterocycles. The van der Waals surface area contributed by atoms with E-state index in [2.05, 4.69) is 17.2 Å². The minimum atomic E-state index is 0.954. The fourth-order valence-electron chi connectivity index (χ4n) is 1.06. The zero-order valence-electron chi connectivity index (χ0n) is 8.65. The molecule has 0 aromatic carbocycles. The number of dihydropyridines is 1. The minimum absolute atomic E-state index is 0.954. The van der Waals surface area contributed by atoms with Crippen molar-refractivity contribution in [3.63, 3.8) is 0 Å². The Labute approximate surface area is 75.8 Å². The average Bonchev–Trinajstić information content (AvgIpc) is 2.13. The van der Waals surface area contributed by atoms with Gasteiger partial charge in [0, 0.05) is 19.3 Å². The molecule has 1 heterocycles. The highest BCUT2D eigenvalue weighted by atomic mass is 14.8. The zero-order chi connectivity index (χ0) is 9.40. The molecule has 12 heavy (non-hydrogen) atoms. The van der Waals surface area contributed by atoms with E-state index in [0.717, 1.165) is 19.5 Å². The molecule has 0 amide bonds. The molecule has 0 atom stereocenters. The smallest absolute Gasteiger partial charge is 0.0426 e. The van der Waals surface area contributed by atoms with Crippen molar-refractivity contribution in [3.8, 4) is 0 Å². The molecule has 0 radical (unpaired) electrons. The van der Waals surface area contributed by atoms with Gasteiger partial charge in [0.15, 0.2) is 0 Å². The third kappa shape index (κ3) is 3.67. The third-order valence-electron chi connectivity index (χ3n) is 1.78. The SMILES string of the molecule is CC.CNCC1=C(C)CCN=C1. The van der Waals surface area contributed by atoms with Crippen LogP contribution < -0.4 is 5.32 Å². The maximum absolute atomic E-state index is 4.20. The maximum atomic E-state index is 4.20. The molecule has 0 aliphatic carbocycles. The first-order chi connectivity index (χ1) is 5.84. The van der Waals surface area contributed by atoms with Crippen molar-refractivity contribution in [1.82, 2.24) is 5.32 Å². The molecule has 1 rings (SSSR count). The Morgan fingerprint density at radius 3 is 2.67 bits per heavy atom. The number of nitrogens with zero attached hydrogens (tertiary/aromatic N) is 1. The van der Waals surface area contributed by atoms with E-state index in [1.807, 2.05) is 27.1 Å². The summed E-state index contributed by atoms with van der Waals surface area (Å²) in [7, 11) is 1.96. The highest BCUT2D eigenvalue weighted by Crippen LogP contribution is 2.09. The monoisotopic (exact) mass is 168 g/mol. The van der Waals surface area contributed by atoms with Crippen LogP contribution in [0, 0.1) is 0 Å². The van der Waals surface area contributed by atoms with E-state index in [4.69, 9.17) is 0 Å². The first-order valence-electron chi connectivity index (χ1n) is 4.67. The van der Waals surface area contributed by atoms with Gasteiger partial charge in [-0.25, -0.2) is 0 Å². The second kappa shape index (κ2) is 7.04. The van der Waals surface area contributed by atoms with Crippen LogP contribution >= 0.6 is 0 Å². The van der Waals surface area contributed by atoms with Crippen LogP contribution in [0.25, 0.3) is 0 Å². The number of likely N-dealkylation sites (N-methyl/N-ethyl adjacent to an activating group) is 1. The molecule has 0 bridgehead atoms. The Morgan fingerprint density at radius 2 is 2.17 bits per heavy atom. The van der Waals surface area contributed by atoms with Gasteiger partial charge >= 0.3 is 0 Å². The van der Waals surface area contributed by atoms with Gasteiger partial charge in [0.1, 0.15) is 0 Å². The summed E-state index contributed by atoms with van der Waals surface area (Å²) in [5, 5.41) is 3.12. The van der Waals surface area contributed by atoms with Gasteiger partial charge in [-0.15, -0.1) is 0 Å². The second-order valence-electron chi connectivity index (χ2n) is 2.62. The average molecular weight is 168 g/mol. The summed E-state index contributed by atoms with van der Waals surface area (Å²) in [6, 6.07) is 0. The molecule has 2 nitrogen and oxygen atoms in total. The topological polar surface area (TPSA) is 24.4 Å². The standard InChI is InChI=1S/C8H14N2.C2H6/c1-7-3-4-10-6-8(7)5-9-2;1-2/h6,9H,3-5H2,1-2H3;1-2H3. The summed E-state index contributed by atoms with van der Waals surface area (Å²) in [4.78, 5) is 4.20. The van der Waals surface area contributed by atoms with Crippen molar-refractivity contribution >= 4 is 6.21 Å². The van der Waals surface area contributed by atoms with Crippen LogP contribution in [0.1, 0.15) is 27.2 Å². The quantitative estimate of drug-likeness (QED) is 0.670. The van der Waals surface area contributed by atoms with Gasteiger partial charge in [0.25, 0.3) is 0 Å². The van der Waals surface area contributed by atoms with E-state index >= 15 is 0 Å². The van der Waals surface area contributed by atoms with Crippen LogP contribution in [0.5, 0.6) is 0 Å². The van der Waals surface area contributed by atoms with E-state index in [-0.39, 0.29) is 0 Å². The Bertz CT molecular complexity index is 169. The van der Waals surface area contributed by atoms with Crippen molar-refractivity contribution in [1.29, 1.82) is 0 Å². The molecule has 1 aliphatic heterocycles. The van der Waals surface area contributed by atoms with Crippen LogP contribution in [0.3, 0.4) is 0 Å². The van der Waals surface area contributed by atoms with Gasteiger partial charge in [0.2, 0.25) is 0 Å². The molecule has 0 spiro atoms. The Kier molecular flexibility index (Phi) is 6.67. The molecular weight excluding hydrogens is 148 g/mol. The van der Waals surface area contributed by atoms with Gasteiger partial charge in [-0.05, 0) is 26.0 Å². The van der Waals surface area contributed by atoms with E-state index in [1.54, 1.807) is 0 Å². The van der Waals surface area contributed by atoms with Crippen molar-refractivity contribution in [3.05, 3.63) is 11.1 Å². The number of nitrogens with one attached hydrogen (secondary N) is 1. The number of hydrogen-bond donors (Lipinski definition) is 1. The van der Waals surface area contributed by atoms with Crippen LogP contribution in [-0.2, 0) is 0 Å². The fraction of sp³-hybridized carbons (Fsp3) is 0.700. The number of rotatable bonds is 2. The highest BCUT2D eigenvalue weighted by molar-refractivity contribution is 5.81. The summed E-state index contributed by atoms with van der Waals surface area (Å²) in [6.07, 6.45) is 3.11. The van der Waals surface area contributed by atoms with Gasteiger partial charge < -0.3 is 5.32 Å². The molecular formula is C10H20N2. The zero-order valence-corrected chi connectivity index (χ0v) is 8.65. The second-order valence-corrected chi connectivity index (χ2v) is 2.62. The van der Waals surface area contributed by atoms with E-state index in [9.17, 15) is 0 Å². The lowest BCUT2D eigenvalue weighted by atomic mass is 10.1. The molecule has 70 valence electrons. The largest absolute Gasteiger partial charge is 0.316 e. The lowest BCUT2D eigenvalue weighted by molar-refractivity contribution is 0.854. The predicted octanol–water partition coefficient (Wildman–Crippen LogP) is 2.02. The van der Waals surface area contributed by atoms with Gasteiger partial charge in [-0.2, -0.15) is 0 Å². The van der Waals surface area contributed by atoms with Crippen LogP contribution in [0.15, 0.2) is 16.1 Å². The van der Waals surface area contributed by atoms with Gasteiger partial charge in [-0.3, -0.25) is 4.99 Å². The Morgan fingerprint density at radius 1 is 1.50 bits per heavy atom. The van der Waals surface area contributed by atoms with Crippen LogP contribution in [-0.4, -0.2) is 26.4 Å². The molecule has 0 saturated carbocycles. The first-order valence-corrected chi connectivity index (χ1v) is 4.67. The van der Waals surface area contributed by atoms with Crippen molar-refractivity contribution in [2.75, 3.05) is 20.1 Å². The summed E-state index contributed by atoms with van der Waals surface area (Å²) in [5.74, 6) is 0. The van der Waals surface area contributed by atoms with E-state index in [0.29, 0.717) is 0 Å². The molecule has 0 aromatic heterocycles. The molecule has 0 aromatic rings. The molecule has 0 fully saturated rings. The molecule has 1 N–H and O–H groups in total. The fourth-order valence-corrected chi connectivity index (χ4v) is 1.06. The van der Waals surface area contributed by atoms with Crippen molar-refractivity contribution in [2.24, 2.45) is 4.99 Å². The van der Waals surface area contributed by atoms with Crippen molar-refractivity contribution in [2.45, 2.75) is 27.2 Å². The normalized spacial score (nSPS) is 15.7. The molecule has 0 unspecified atom stereocenters. The van der Waals surface area contributed by atoms with Gasteiger partial charge in [0.05, 0.1) is 0 Å². The van der Waals surface area contributed by atoms with Crippen molar-refractivity contribution < 1.29 is 0 Å². The van der Waals surface area contributed by atoms with E-state index < -0.39 is 0 Å². The Hall–Kier alpha value is -0.630. The lowest BCUT2D eigenvalue weighted by Crippen LogP contribution is -2.15. The van der Waals surface area contributed by atoms with Crippen LogP contribution in [0.2, 0.25) is 0 Å². The third-order valence-corrected chi connectivity index (χ3v) is 1.78. The predicted molar refractivity (Wildman–Crippen MR) is 56.0 cm³/mol. The van der Waals surface area contributed by atoms with Crippen LogP contribution in [0.4, 0.5) is 0 Å². The van der Waals surface area contributed by atoms with E-state index in [1.165, 1.54) is 11.1 Å². The number of hydrogen-bond acceptors (Lipinski definition) is 2. The Balaban J connectivity index is 0.000000561. The summed E-state index contributed by atoms with van der Waals surface area (Å²) >= 11 is 0. The number of aliphatic imine (C=N–C) groups is 1. The highest BCUT2D eigenvalue weighted by Gasteiger charge is 2.02. The first kappa shape index (κ1) is 11.4. The summed E-state index contributed by atoms with van der Waals surface area (Å²) in [6.45, 7) is 8.10. The summed E-state index contributed by atoms with van der Waals surface area (Å²) < 4.78 is 0. The maximum Gasteiger partial charge on any atom is 0.0426 e. The van der Waals surface area contributed by atoms with Gasteiger partial charge in [-0.1, -0.05) is 19.4 Å². The summed E-state index contributed by atoms with van der Waals surface area (Å²) in [5.41, 5.74) is 2.83. The molecule has 1 aliphatic rings. The molecule has 2 heteroatoms.